The highest BCUT2D eigenvalue weighted by atomic mass is 19.1. The van der Waals surface area contributed by atoms with Crippen molar-refractivity contribution in [3.05, 3.63) is 77.5 Å². The summed E-state index contributed by atoms with van der Waals surface area (Å²) in [4.78, 5) is 7.18. The number of nitrogens with zero attached hydrogens (tertiary/aromatic N) is 1. The first-order chi connectivity index (χ1) is 11.6. The molecule has 0 saturated carbocycles. The zero-order chi connectivity index (χ0) is 16.7. The van der Waals surface area contributed by atoms with E-state index in [1.807, 2.05) is 30.3 Å². The molecule has 24 heavy (non-hydrogen) atoms. The predicted octanol–water partition coefficient (Wildman–Crippen LogP) is 3.12. The molecule has 6 heteroatoms. The number of rotatable bonds is 2. The Hall–Kier alpha value is -2.99. The van der Waals surface area contributed by atoms with E-state index in [4.69, 9.17) is 5.73 Å². The summed E-state index contributed by atoms with van der Waals surface area (Å²) in [6, 6.07) is 11.8. The fraction of sp³-hybridized carbons (Fsp3) is 0.0556. The molecule has 3 aromatic rings. The molecule has 1 unspecified atom stereocenters. The van der Waals surface area contributed by atoms with Crippen molar-refractivity contribution in [1.82, 2.24) is 10.3 Å². The molecule has 4 nitrogen and oxygen atoms in total. The summed E-state index contributed by atoms with van der Waals surface area (Å²) in [6.45, 7) is 0. The van der Waals surface area contributed by atoms with Crippen molar-refractivity contribution in [3.8, 4) is 0 Å². The van der Waals surface area contributed by atoms with Crippen LogP contribution >= 0.6 is 0 Å². The van der Waals surface area contributed by atoms with Crippen LogP contribution in [0.15, 0.2) is 59.7 Å². The lowest BCUT2D eigenvalue weighted by molar-refractivity contribution is 0.591. The normalized spacial score (nSPS) is 17.4. The molecule has 0 amide bonds. The molecule has 0 aliphatic carbocycles. The predicted molar refractivity (Wildman–Crippen MR) is 90.3 cm³/mol. The Morgan fingerprint density at radius 3 is 2.67 bits per heavy atom. The molecule has 0 radical (unpaired) electrons. The third-order valence-electron chi connectivity index (χ3n) is 3.91. The van der Waals surface area contributed by atoms with E-state index in [0.717, 1.165) is 17.3 Å². The van der Waals surface area contributed by atoms with Crippen molar-refractivity contribution in [1.29, 1.82) is 0 Å². The fourth-order valence-corrected chi connectivity index (χ4v) is 2.83. The van der Waals surface area contributed by atoms with Gasteiger partial charge in [0, 0.05) is 28.9 Å². The van der Waals surface area contributed by atoms with Gasteiger partial charge in [0.1, 0.15) is 23.6 Å². The third kappa shape index (κ3) is 2.47. The molecule has 1 atom stereocenters. The van der Waals surface area contributed by atoms with Crippen LogP contribution in [0.2, 0.25) is 0 Å². The SMILES string of the molecule is NC1C=C(c2ccccc2)NC(c2c[nH]c3c(F)cc(F)cc23)=N1. The molecule has 1 aromatic heterocycles. The number of aliphatic imine (C=N–C) groups is 1. The van der Waals surface area contributed by atoms with Crippen LogP contribution in [0.3, 0.4) is 0 Å². The first-order valence-electron chi connectivity index (χ1n) is 7.46. The Morgan fingerprint density at radius 2 is 1.88 bits per heavy atom. The van der Waals surface area contributed by atoms with Gasteiger partial charge in [-0.2, -0.15) is 0 Å². The van der Waals surface area contributed by atoms with Gasteiger partial charge in [-0.15, -0.1) is 0 Å². The Bertz CT molecular complexity index is 973. The molecule has 120 valence electrons. The van der Waals surface area contributed by atoms with Crippen molar-refractivity contribution in [3.63, 3.8) is 0 Å². The highest BCUT2D eigenvalue weighted by Gasteiger charge is 2.19. The van der Waals surface area contributed by atoms with Crippen LogP contribution in [0, 0.1) is 11.6 Å². The van der Waals surface area contributed by atoms with Gasteiger partial charge >= 0.3 is 0 Å². The minimum absolute atomic E-state index is 0.236. The molecule has 0 bridgehead atoms. The van der Waals surface area contributed by atoms with Crippen LogP contribution in [-0.2, 0) is 0 Å². The number of nitrogens with two attached hydrogens (primary N) is 1. The number of aromatic amines is 1. The standard InChI is InChI=1S/C18H14F2N4/c19-11-6-12-13(9-22-17(12)14(20)7-11)18-23-15(8-16(21)24-18)10-4-2-1-3-5-10/h1-9,16,22H,21H2,(H,23,24). The van der Waals surface area contributed by atoms with Crippen LogP contribution in [0.5, 0.6) is 0 Å². The van der Waals surface area contributed by atoms with E-state index in [0.29, 0.717) is 16.8 Å². The highest BCUT2D eigenvalue weighted by molar-refractivity contribution is 6.13. The van der Waals surface area contributed by atoms with Gasteiger partial charge in [-0.25, -0.2) is 13.8 Å². The van der Waals surface area contributed by atoms with Crippen LogP contribution in [0.4, 0.5) is 8.78 Å². The van der Waals surface area contributed by atoms with E-state index in [1.54, 1.807) is 12.3 Å². The summed E-state index contributed by atoms with van der Waals surface area (Å²) < 4.78 is 27.5. The second-order valence-electron chi connectivity index (χ2n) is 5.55. The van der Waals surface area contributed by atoms with Crippen molar-refractivity contribution in [2.24, 2.45) is 10.7 Å². The molecule has 2 aromatic carbocycles. The monoisotopic (exact) mass is 324 g/mol. The van der Waals surface area contributed by atoms with E-state index >= 15 is 0 Å². The van der Waals surface area contributed by atoms with Gasteiger partial charge in [0.15, 0.2) is 0 Å². The zero-order valence-corrected chi connectivity index (χ0v) is 12.6. The van der Waals surface area contributed by atoms with Crippen LogP contribution in [-0.4, -0.2) is 17.0 Å². The third-order valence-corrected chi connectivity index (χ3v) is 3.91. The van der Waals surface area contributed by atoms with Gasteiger partial charge in [0.25, 0.3) is 0 Å². The van der Waals surface area contributed by atoms with E-state index < -0.39 is 17.8 Å². The second-order valence-corrected chi connectivity index (χ2v) is 5.55. The topological polar surface area (TPSA) is 66.2 Å². The molecule has 0 spiro atoms. The summed E-state index contributed by atoms with van der Waals surface area (Å²) in [7, 11) is 0. The second kappa shape index (κ2) is 5.58. The Morgan fingerprint density at radius 1 is 1.08 bits per heavy atom. The summed E-state index contributed by atoms with van der Waals surface area (Å²) in [5.41, 5.74) is 8.57. The fourth-order valence-electron chi connectivity index (χ4n) is 2.83. The molecule has 2 heterocycles. The van der Waals surface area contributed by atoms with Crippen LogP contribution < -0.4 is 11.1 Å². The first kappa shape index (κ1) is 14.6. The number of aromatic nitrogens is 1. The smallest absolute Gasteiger partial charge is 0.150 e. The Labute approximate surface area is 136 Å². The molecule has 0 fully saturated rings. The van der Waals surface area contributed by atoms with Gasteiger partial charge in [0.05, 0.1) is 5.52 Å². The zero-order valence-electron chi connectivity index (χ0n) is 12.6. The van der Waals surface area contributed by atoms with Gasteiger partial charge in [-0.05, 0) is 17.7 Å². The number of amidine groups is 1. The van der Waals surface area contributed by atoms with Crippen LogP contribution in [0.25, 0.3) is 16.6 Å². The van der Waals surface area contributed by atoms with Crippen molar-refractivity contribution < 1.29 is 8.78 Å². The van der Waals surface area contributed by atoms with E-state index in [9.17, 15) is 8.78 Å². The molecule has 4 N–H and O–H groups in total. The highest BCUT2D eigenvalue weighted by Crippen LogP contribution is 2.25. The minimum Gasteiger partial charge on any atom is -0.358 e. The number of benzene rings is 2. The van der Waals surface area contributed by atoms with Crippen LogP contribution in [0.1, 0.15) is 11.1 Å². The van der Waals surface area contributed by atoms with Crippen molar-refractivity contribution >= 4 is 22.4 Å². The summed E-state index contributed by atoms with van der Waals surface area (Å²) in [5.74, 6) is -0.809. The maximum absolute atomic E-state index is 13.9. The number of fused-ring (bicyclic) bond motifs is 1. The summed E-state index contributed by atoms with van der Waals surface area (Å²) in [5, 5.41) is 3.62. The number of halogens is 2. The number of hydrogen-bond donors (Lipinski definition) is 3. The van der Waals surface area contributed by atoms with Crippen molar-refractivity contribution in [2.75, 3.05) is 0 Å². The largest absolute Gasteiger partial charge is 0.358 e. The number of H-pyrrole nitrogens is 1. The molecule has 1 aliphatic rings. The van der Waals surface area contributed by atoms with Gasteiger partial charge in [0.2, 0.25) is 0 Å². The van der Waals surface area contributed by atoms with Crippen molar-refractivity contribution in [2.45, 2.75) is 6.17 Å². The first-order valence-corrected chi connectivity index (χ1v) is 7.46. The number of hydrogen-bond acceptors (Lipinski definition) is 3. The average molecular weight is 324 g/mol. The summed E-state index contributed by atoms with van der Waals surface area (Å²) >= 11 is 0. The minimum atomic E-state index is -0.643. The van der Waals surface area contributed by atoms with Gasteiger partial charge in [-0.3, -0.25) is 0 Å². The number of nitrogens with one attached hydrogen (secondary N) is 2. The molecule has 4 rings (SSSR count). The maximum Gasteiger partial charge on any atom is 0.150 e. The van der Waals surface area contributed by atoms with E-state index in [1.165, 1.54) is 6.07 Å². The van der Waals surface area contributed by atoms with Gasteiger partial charge < -0.3 is 16.0 Å². The van der Waals surface area contributed by atoms with E-state index in [2.05, 4.69) is 15.3 Å². The maximum atomic E-state index is 13.9. The van der Waals surface area contributed by atoms with E-state index in [-0.39, 0.29) is 5.52 Å². The molecule has 1 aliphatic heterocycles. The molecular formula is C18H14F2N4. The lowest BCUT2D eigenvalue weighted by Crippen LogP contribution is -2.32. The Kier molecular flexibility index (Phi) is 3.39. The van der Waals surface area contributed by atoms with Gasteiger partial charge in [-0.1, -0.05) is 30.3 Å². The molecule has 0 saturated heterocycles. The lowest BCUT2D eigenvalue weighted by atomic mass is 10.1. The quantitative estimate of drug-likeness (QED) is 0.678. The lowest BCUT2D eigenvalue weighted by Gasteiger charge is -2.20. The summed E-state index contributed by atoms with van der Waals surface area (Å²) in [6.07, 6.45) is 2.86. The molecular weight excluding hydrogens is 310 g/mol. The average Bonchev–Trinajstić information content (AvgIpc) is 2.99. The Balaban J connectivity index is 1.78.